The van der Waals surface area contributed by atoms with Gasteiger partial charge in [-0.2, -0.15) is 12.6 Å². The van der Waals surface area contributed by atoms with Gasteiger partial charge in [0, 0.05) is 18.7 Å². The molecule has 198 valence electrons. The van der Waals surface area contributed by atoms with E-state index in [4.69, 9.17) is 28.0 Å². The van der Waals surface area contributed by atoms with Gasteiger partial charge in [-0.3, -0.25) is 29.0 Å². The van der Waals surface area contributed by atoms with Crippen LogP contribution in [0.3, 0.4) is 0 Å². The molecule has 0 bridgehead atoms. The van der Waals surface area contributed by atoms with Crippen LogP contribution in [0.4, 0.5) is 0 Å². The second-order valence-corrected chi connectivity index (χ2v) is 7.73. The molecule has 0 aliphatic carbocycles. The van der Waals surface area contributed by atoms with Crippen molar-refractivity contribution in [1.29, 1.82) is 0 Å². The van der Waals surface area contributed by atoms with Crippen molar-refractivity contribution in [3.8, 4) is 0 Å². The minimum Gasteiger partial charge on any atom is -0.481 e. The van der Waals surface area contributed by atoms with Gasteiger partial charge in [0.2, 0.25) is 23.6 Å². The van der Waals surface area contributed by atoms with E-state index in [1.165, 1.54) is 0 Å². The highest BCUT2D eigenvalue weighted by molar-refractivity contribution is 7.80. The van der Waals surface area contributed by atoms with Crippen molar-refractivity contribution in [3.63, 3.8) is 0 Å². The van der Waals surface area contributed by atoms with Crippen LogP contribution in [0.15, 0.2) is 4.99 Å². The summed E-state index contributed by atoms with van der Waals surface area (Å²) in [5.74, 6) is -6.80. The molecule has 0 radical (unpaired) electrons. The SMILES string of the molecule is NC(=O)CC(NC(=O)C(N)CCCN=C(N)N)C(=O)NC(CS)C(=O)NC(CCC(=O)O)C(=O)O. The Kier molecular flexibility index (Phi) is 14.4. The average Bonchev–Trinajstić information content (AvgIpc) is 2.75. The number of carboxylic acid groups (broad SMARTS) is 2. The number of aliphatic carboxylic acids is 2. The summed E-state index contributed by atoms with van der Waals surface area (Å²) in [6.07, 6.45) is -1.02. The summed E-state index contributed by atoms with van der Waals surface area (Å²) in [6.45, 7) is 0.219. The largest absolute Gasteiger partial charge is 0.481 e. The zero-order chi connectivity index (χ0) is 27.1. The number of nitrogens with zero attached hydrogens (tertiary/aromatic N) is 1. The maximum Gasteiger partial charge on any atom is 0.326 e. The van der Waals surface area contributed by atoms with Crippen molar-refractivity contribution in [2.24, 2.45) is 27.9 Å². The van der Waals surface area contributed by atoms with Crippen molar-refractivity contribution in [2.75, 3.05) is 12.3 Å². The number of carbonyl (C=O) groups excluding carboxylic acids is 4. The normalized spacial score (nSPS) is 13.9. The average molecular weight is 521 g/mol. The highest BCUT2D eigenvalue weighted by Gasteiger charge is 2.30. The Morgan fingerprint density at radius 1 is 0.829 bits per heavy atom. The van der Waals surface area contributed by atoms with Crippen LogP contribution >= 0.6 is 12.6 Å². The Balaban J connectivity index is 5.18. The van der Waals surface area contributed by atoms with Gasteiger partial charge < -0.3 is 49.1 Å². The van der Waals surface area contributed by atoms with E-state index >= 15 is 0 Å². The monoisotopic (exact) mass is 520 g/mol. The van der Waals surface area contributed by atoms with Gasteiger partial charge in [-0.1, -0.05) is 0 Å². The van der Waals surface area contributed by atoms with E-state index < -0.39 is 79.0 Å². The molecule has 0 aromatic carbocycles. The van der Waals surface area contributed by atoms with Gasteiger partial charge in [0.25, 0.3) is 0 Å². The third-order valence-corrected chi connectivity index (χ3v) is 4.78. The number of aliphatic imine (C=N–C) groups is 1. The van der Waals surface area contributed by atoms with E-state index in [-0.39, 0.29) is 24.7 Å². The number of guanidine groups is 1. The van der Waals surface area contributed by atoms with E-state index in [2.05, 4.69) is 33.6 Å². The van der Waals surface area contributed by atoms with Crippen molar-refractivity contribution >= 4 is 54.2 Å². The summed E-state index contributed by atoms with van der Waals surface area (Å²) in [5, 5.41) is 24.5. The van der Waals surface area contributed by atoms with Crippen molar-refractivity contribution in [1.82, 2.24) is 16.0 Å². The Bertz CT molecular complexity index is 820. The fourth-order valence-electron chi connectivity index (χ4n) is 2.60. The third-order valence-electron chi connectivity index (χ3n) is 4.42. The fourth-order valence-corrected chi connectivity index (χ4v) is 2.86. The predicted molar refractivity (Wildman–Crippen MR) is 126 cm³/mol. The predicted octanol–water partition coefficient (Wildman–Crippen LogP) is -4.42. The summed E-state index contributed by atoms with van der Waals surface area (Å²) in [5.41, 5.74) is 21.3. The summed E-state index contributed by atoms with van der Waals surface area (Å²) in [4.78, 5) is 74.5. The van der Waals surface area contributed by atoms with E-state index in [1.54, 1.807) is 0 Å². The van der Waals surface area contributed by atoms with Crippen LogP contribution in [0.1, 0.15) is 32.1 Å². The lowest BCUT2D eigenvalue weighted by molar-refractivity contribution is -0.143. The lowest BCUT2D eigenvalue weighted by Crippen LogP contribution is -2.58. The second-order valence-electron chi connectivity index (χ2n) is 7.36. The lowest BCUT2D eigenvalue weighted by Gasteiger charge is -2.24. The fraction of sp³-hybridized carbons (Fsp3) is 0.611. The van der Waals surface area contributed by atoms with Crippen molar-refractivity contribution in [2.45, 2.75) is 56.3 Å². The number of nitrogens with one attached hydrogen (secondary N) is 3. The van der Waals surface area contributed by atoms with Crippen molar-refractivity contribution < 1.29 is 39.0 Å². The quantitative estimate of drug-likeness (QED) is 0.0377. The van der Waals surface area contributed by atoms with Gasteiger partial charge in [0.05, 0.1) is 12.5 Å². The van der Waals surface area contributed by atoms with E-state index in [9.17, 15) is 33.9 Å². The zero-order valence-electron chi connectivity index (χ0n) is 18.8. The van der Waals surface area contributed by atoms with E-state index in [1.807, 2.05) is 0 Å². The highest BCUT2D eigenvalue weighted by atomic mass is 32.1. The molecule has 0 saturated carbocycles. The number of amides is 4. The molecule has 17 heteroatoms. The van der Waals surface area contributed by atoms with Crippen LogP contribution in [0.25, 0.3) is 0 Å². The smallest absolute Gasteiger partial charge is 0.326 e. The molecule has 13 N–H and O–H groups in total. The molecule has 4 unspecified atom stereocenters. The molecule has 0 aliphatic heterocycles. The molecule has 35 heavy (non-hydrogen) atoms. The number of nitrogens with two attached hydrogens (primary N) is 4. The molecule has 0 heterocycles. The molecule has 0 fully saturated rings. The Hall–Kier alpha value is -3.60. The summed E-state index contributed by atoms with van der Waals surface area (Å²) in [7, 11) is 0. The molecular formula is C18H32N8O8S. The first-order valence-corrected chi connectivity index (χ1v) is 11.0. The topological polar surface area (TPSA) is 295 Å². The van der Waals surface area contributed by atoms with Crippen molar-refractivity contribution in [3.05, 3.63) is 0 Å². The maximum absolute atomic E-state index is 12.7. The van der Waals surface area contributed by atoms with Crippen LogP contribution in [0.5, 0.6) is 0 Å². The molecule has 0 aromatic rings. The Morgan fingerprint density at radius 3 is 1.86 bits per heavy atom. The van der Waals surface area contributed by atoms with Crippen LogP contribution in [0, 0.1) is 0 Å². The summed E-state index contributed by atoms with van der Waals surface area (Å²) >= 11 is 3.95. The first-order chi connectivity index (χ1) is 16.3. The highest BCUT2D eigenvalue weighted by Crippen LogP contribution is 2.02. The van der Waals surface area contributed by atoms with Gasteiger partial charge in [-0.15, -0.1) is 0 Å². The summed E-state index contributed by atoms with van der Waals surface area (Å²) in [6, 6.07) is -5.46. The van der Waals surface area contributed by atoms with Crippen LogP contribution in [-0.2, 0) is 28.8 Å². The molecular weight excluding hydrogens is 488 g/mol. The second kappa shape index (κ2) is 16.1. The standard InChI is InChI=1S/C18H32N8O8S/c19-8(2-1-5-23-18(21)22)14(30)25-10(6-12(20)27)15(31)26-11(7-35)16(32)24-9(17(33)34)3-4-13(28)29/h8-11,35H,1-7,19H2,(H2,20,27)(H,24,32)(H,25,30)(H,26,31)(H,28,29)(H,33,34)(H4,21,22,23). The van der Waals surface area contributed by atoms with E-state index in [0.717, 1.165) is 0 Å². The number of hydrogen-bond donors (Lipinski definition) is 10. The summed E-state index contributed by atoms with van der Waals surface area (Å²) < 4.78 is 0. The first-order valence-electron chi connectivity index (χ1n) is 10.3. The van der Waals surface area contributed by atoms with Crippen LogP contribution in [-0.4, -0.2) is 88.2 Å². The number of thiol groups is 1. The Morgan fingerprint density at radius 2 is 1.37 bits per heavy atom. The number of carboxylic acids is 2. The maximum atomic E-state index is 12.7. The number of primary amides is 1. The molecule has 4 atom stereocenters. The number of carbonyl (C=O) groups is 6. The van der Waals surface area contributed by atoms with E-state index in [0.29, 0.717) is 6.42 Å². The van der Waals surface area contributed by atoms with Crippen LogP contribution < -0.4 is 38.9 Å². The minimum atomic E-state index is -1.53. The molecule has 16 nitrogen and oxygen atoms in total. The Labute approximate surface area is 206 Å². The first kappa shape index (κ1) is 31.4. The zero-order valence-corrected chi connectivity index (χ0v) is 19.7. The molecule has 0 spiro atoms. The van der Waals surface area contributed by atoms with Gasteiger partial charge in [0.15, 0.2) is 5.96 Å². The molecule has 4 amide bonds. The van der Waals surface area contributed by atoms with Gasteiger partial charge in [-0.05, 0) is 19.3 Å². The number of rotatable bonds is 17. The molecule has 0 aliphatic rings. The number of hydrogen-bond acceptors (Lipinski definition) is 9. The third kappa shape index (κ3) is 13.6. The van der Waals surface area contributed by atoms with Gasteiger partial charge in [0.1, 0.15) is 18.1 Å². The molecule has 0 saturated heterocycles. The minimum absolute atomic E-state index is 0.124. The van der Waals surface area contributed by atoms with Gasteiger partial charge >= 0.3 is 11.9 Å². The molecule has 0 rings (SSSR count). The van der Waals surface area contributed by atoms with Crippen LogP contribution in [0.2, 0.25) is 0 Å². The van der Waals surface area contributed by atoms with Gasteiger partial charge in [-0.25, -0.2) is 4.79 Å². The lowest BCUT2D eigenvalue weighted by atomic mass is 10.1. The molecule has 0 aromatic heterocycles.